The highest BCUT2D eigenvalue weighted by atomic mass is 16.5. The van der Waals surface area contributed by atoms with Crippen molar-refractivity contribution in [3.05, 3.63) is 30.3 Å². The average Bonchev–Trinajstić information content (AvgIpc) is 2.86. The van der Waals surface area contributed by atoms with Crippen molar-refractivity contribution in [2.24, 2.45) is 5.92 Å². The Bertz CT molecular complexity index is 607. The third kappa shape index (κ3) is 3.79. The van der Waals surface area contributed by atoms with Crippen LogP contribution in [0, 0.1) is 5.92 Å². The van der Waals surface area contributed by atoms with E-state index in [0.29, 0.717) is 19.8 Å². The molecule has 1 aromatic rings. The SMILES string of the molecule is C[C@@H]1CCCC[C@]12NC(=O)N(CCOCCOc1ccccc1)C2=O. The van der Waals surface area contributed by atoms with Gasteiger partial charge in [-0.15, -0.1) is 0 Å². The topological polar surface area (TPSA) is 67.9 Å². The van der Waals surface area contributed by atoms with Gasteiger partial charge in [-0.2, -0.15) is 0 Å². The second kappa shape index (κ2) is 7.87. The van der Waals surface area contributed by atoms with Gasteiger partial charge >= 0.3 is 6.03 Å². The molecule has 0 unspecified atom stereocenters. The largest absolute Gasteiger partial charge is 0.491 e. The molecule has 3 amide bonds. The maximum Gasteiger partial charge on any atom is 0.325 e. The number of carbonyl (C=O) groups is 2. The third-order valence-corrected chi connectivity index (χ3v) is 5.20. The molecule has 0 aromatic heterocycles. The smallest absolute Gasteiger partial charge is 0.325 e. The Morgan fingerprint density at radius 1 is 1.16 bits per heavy atom. The first-order chi connectivity index (χ1) is 12.1. The second-order valence-electron chi connectivity index (χ2n) is 6.78. The third-order valence-electron chi connectivity index (χ3n) is 5.20. The zero-order valence-corrected chi connectivity index (χ0v) is 14.7. The zero-order chi connectivity index (χ0) is 17.7. The lowest BCUT2D eigenvalue weighted by atomic mass is 9.73. The first kappa shape index (κ1) is 17.7. The van der Waals surface area contributed by atoms with E-state index in [1.54, 1.807) is 0 Å². The van der Waals surface area contributed by atoms with Gasteiger partial charge < -0.3 is 14.8 Å². The number of benzene rings is 1. The van der Waals surface area contributed by atoms with E-state index >= 15 is 0 Å². The predicted octanol–water partition coefficient (Wildman–Crippen LogP) is 2.58. The van der Waals surface area contributed by atoms with Gasteiger partial charge in [0.1, 0.15) is 17.9 Å². The number of carbonyl (C=O) groups excluding carboxylic acids is 2. The average molecular weight is 346 g/mol. The molecule has 136 valence electrons. The number of rotatable bonds is 7. The van der Waals surface area contributed by atoms with Crippen molar-refractivity contribution >= 4 is 11.9 Å². The van der Waals surface area contributed by atoms with Crippen molar-refractivity contribution in [1.82, 2.24) is 10.2 Å². The fraction of sp³-hybridized carbons (Fsp3) is 0.579. The van der Waals surface area contributed by atoms with Gasteiger partial charge in [0.15, 0.2) is 0 Å². The molecule has 1 saturated carbocycles. The molecule has 1 aliphatic heterocycles. The van der Waals surface area contributed by atoms with E-state index in [4.69, 9.17) is 9.47 Å². The van der Waals surface area contributed by atoms with Crippen LogP contribution < -0.4 is 10.1 Å². The maximum atomic E-state index is 12.8. The van der Waals surface area contributed by atoms with Crippen LogP contribution in [-0.2, 0) is 9.53 Å². The zero-order valence-electron chi connectivity index (χ0n) is 14.7. The van der Waals surface area contributed by atoms with E-state index in [-0.39, 0.29) is 24.4 Å². The Balaban J connectivity index is 1.41. The van der Waals surface area contributed by atoms with Gasteiger partial charge in [0.2, 0.25) is 0 Å². The number of hydrogen-bond acceptors (Lipinski definition) is 4. The summed E-state index contributed by atoms with van der Waals surface area (Å²) in [6.45, 7) is 3.51. The number of ether oxygens (including phenoxy) is 2. The molecule has 25 heavy (non-hydrogen) atoms. The van der Waals surface area contributed by atoms with Gasteiger partial charge in [0.25, 0.3) is 5.91 Å². The summed E-state index contributed by atoms with van der Waals surface area (Å²) in [7, 11) is 0. The van der Waals surface area contributed by atoms with E-state index in [2.05, 4.69) is 12.2 Å². The molecule has 0 bridgehead atoms. The second-order valence-corrected chi connectivity index (χ2v) is 6.78. The molecule has 0 radical (unpaired) electrons. The van der Waals surface area contributed by atoms with Crippen LogP contribution in [0.5, 0.6) is 5.75 Å². The highest BCUT2D eigenvalue weighted by Crippen LogP contribution is 2.38. The Hall–Kier alpha value is -2.08. The monoisotopic (exact) mass is 346 g/mol. The molecular formula is C19H26N2O4. The molecule has 2 aliphatic rings. The van der Waals surface area contributed by atoms with Gasteiger partial charge in [-0.3, -0.25) is 9.69 Å². The number of amides is 3. The Kier molecular flexibility index (Phi) is 5.58. The molecule has 6 nitrogen and oxygen atoms in total. The van der Waals surface area contributed by atoms with Crippen LogP contribution in [0.15, 0.2) is 30.3 Å². The van der Waals surface area contributed by atoms with Crippen molar-refractivity contribution in [3.8, 4) is 5.75 Å². The van der Waals surface area contributed by atoms with Gasteiger partial charge in [-0.05, 0) is 30.9 Å². The minimum atomic E-state index is -0.689. The molecular weight excluding hydrogens is 320 g/mol. The summed E-state index contributed by atoms with van der Waals surface area (Å²) in [6, 6.07) is 9.24. The van der Waals surface area contributed by atoms with E-state index in [0.717, 1.165) is 31.4 Å². The summed E-state index contributed by atoms with van der Waals surface area (Å²) in [4.78, 5) is 26.3. The van der Waals surface area contributed by atoms with Crippen LogP contribution in [0.1, 0.15) is 32.6 Å². The maximum absolute atomic E-state index is 12.8. The summed E-state index contributed by atoms with van der Waals surface area (Å²) in [5, 5.41) is 2.95. The number of para-hydroxylation sites is 1. The lowest BCUT2D eigenvalue weighted by Gasteiger charge is -2.36. The van der Waals surface area contributed by atoms with Crippen LogP contribution in [0.3, 0.4) is 0 Å². The minimum absolute atomic E-state index is 0.0890. The number of hydrogen-bond donors (Lipinski definition) is 1. The van der Waals surface area contributed by atoms with Crippen molar-refractivity contribution < 1.29 is 19.1 Å². The number of nitrogens with one attached hydrogen (secondary N) is 1. The first-order valence-electron chi connectivity index (χ1n) is 9.03. The fourth-order valence-electron chi connectivity index (χ4n) is 3.69. The molecule has 1 spiro atoms. The molecule has 2 atom stereocenters. The van der Waals surface area contributed by atoms with Crippen molar-refractivity contribution in [2.75, 3.05) is 26.4 Å². The van der Waals surface area contributed by atoms with E-state index < -0.39 is 5.54 Å². The van der Waals surface area contributed by atoms with Crippen molar-refractivity contribution in [3.63, 3.8) is 0 Å². The van der Waals surface area contributed by atoms with Gasteiger partial charge in [0.05, 0.1) is 19.8 Å². The normalized spacial score (nSPS) is 26.1. The van der Waals surface area contributed by atoms with Crippen LogP contribution in [0.25, 0.3) is 0 Å². The summed E-state index contributed by atoms with van der Waals surface area (Å²) in [5.41, 5.74) is -0.689. The highest BCUT2D eigenvalue weighted by molar-refractivity contribution is 6.07. The molecule has 3 rings (SSSR count). The van der Waals surface area contributed by atoms with Crippen LogP contribution in [-0.4, -0.2) is 48.7 Å². The predicted molar refractivity (Wildman–Crippen MR) is 93.4 cm³/mol. The summed E-state index contributed by atoms with van der Waals surface area (Å²) in [5.74, 6) is 0.894. The quantitative estimate of drug-likeness (QED) is 0.609. The number of nitrogens with zero attached hydrogens (tertiary/aromatic N) is 1. The Morgan fingerprint density at radius 2 is 1.96 bits per heavy atom. The molecule has 1 N–H and O–H groups in total. The standard InChI is InChI=1S/C19H26N2O4/c1-15-7-5-6-10-19(15)17(22)21(18(23)20-19)11-12-24-13-14-25-16-8-3-2-4-9-16/h2-4,8-9,15H,5-7,10-14H2,1H3,(H,20,23)/t15-,19+/m1/s1. The summed E-state index contributed by atoms with van der Waals surface area (Å²) in [6.07, 6.45) is 3.82. The lowest BCUT2D eigenvalue weighted by Crippen LogP contribution is -2.54. The van der Waals surface area contributed by atoms with E-state index in [1.165, 1.54) is 4.90 Å². The van der Waals surface area contributed by atoms with Crippen LogP contribution in [0.2, 0.25) is 0 Å². The molecule has 1 aliphatic carbocycles. The minimum Gasteiger partial charge on any atom is -0.491 e. The van der Waals surface area contributed by atoms with E-state index in [1.807, 2.05) is 30.3 Å². The fourth-order valence-corrected chi connectivity index (χ4v) is 3.69. The highest BCUT2D eigenvalue weighted by Gasteiger charge is 2.54. The number of imide groups is 1. The van der Waals surface area contributed by atoms with Crippen molar-refractivity contribution in [1.29, 1.82) is 0 Å². The summed E-state index contributed by atoms with van der Waals surface area (Å²) >= 11 is 0. The molecule has 1 aromatic carbocycles. The Labute approximate surface area is 148 Å². The van der Waals surface area contributed by atoms with E-state index in [9.17, 15) is 9.59 Å². The van der Waals surface area contributed by atoms with Crippen LogP contribution >= 0.6 is 0 Å². The van der Waals surface area contributed by atoms with Gasteiger partial charge in [-0.1, -0.05) is 38.0 Å². The van der Waals surface area contributed by atoms with Crippen molar-refractivity contribution in [2.45, 2.75) is 38.1 Å². The molecule has 2 fully saturated rings. The van der Waals surface area contributed by atoms with Gasteiger partial charge in [0, 0.05) is 0 Å². The lowest BCUT2D eigenvalue weighted by molar-refractivity contribution is -0.134. The first-order valence-corrected chi connectivity index (χ1v) is 9.03. The number of urea groups is 1. The molecule has 1 saturated heterocycles. The summed E-state index contributed by atoms with van der Waals surface area (Å²) < 4.78 is 11.1. The Morgan fingerprint density at radius 3 is 2.72 bits per heavy atom. The van der Waals surface area contributed by atoms with Gasteiger partial charge in [-0.25, -0.2) is 4.79 Å². The van der Waals surface area contributed by atoms with Crippen LogP contribution in [0.4, 0.5) is 4.79 Å². The molecule has 1 heterocycles. The molecule has 6 heteroatoms.